The summed E-state index contributed by atoms with van der Waals surface area (Å²) < 4.78 is 0. The van der Waals surface area contributed by atoms with Crippen molar-refractivity contribution in [3.8, 4) is 0 Å². The predicted molar refractivity (Wildman–Crippen MR) is 67.3 cm³/mol. The van der Waals surface area contributed by atoms with E-state index < -0.39 is 0 Å². The fourth-order valence-electron chi connectivity index (χ4n) is 2.25. The first-order valence-corrected chi connectivity index (χ1v) is 6.89. The zero-order valence-electron chi connectivity index (χ0n) is 9.75. The summed E-state index contributed by atoms with van der Waals surface area (Å²) in [6.45, 7) is 4.53. The summed E-state index contributed by atoms with van der Waals surface area (Å²) >= 11 is 1.96. The van der Waals surface area contributed by atoms with Crippen LogP contribution in [0.2, 0.25) is 0 Å². The predicted octanol–water partition coefficient (Wildman–Crippen LogP) is 3.67. The maximum absolute atomic E-state index is 6.24. The van der Waals surface area contributed by atoms with E-state index in [0.29, 0.717) is 0 Å². The third kappa shape index (κ3) is 2.43. The zero-order chi connectivity index (χ0) is 10.8. The van der Waals surface area contributed by atoms with Crippen LogP contribution < -0.4 is 5.73 Å². The lowest BCUT2D eigenvalue weighted by Crippen LogP contribution is -2.12. The lowest BCUT2D eigenvalue weighted by atomic mass is 9.99. The van der Waals surface area contributed by atoms with Crippen molar-refractivity contribution in [1.82, 2.24) is 0 Å². The number of hydrogen-bond acceptors (Lipinski definition) is 2. The quantitative estimate of drug-likeness (QED) is 0.828. The van der Waals surface area contributed by atoms with Gasteiger partial charge in [0.15, 0.2) is 0 Å². The minimum Gasteiger partial charge on any atom is -0.323 e. The SMILES string of the molecule is CCC(C)CC(N)c1cc2c(s1)CCC2. The second kappa shape index (κ2) is 4.67. The Kier molecular flexibility index (Phi) is 3.47. The van der Waals surface area contributed by atoms with Gasteiger partial charge in [0.1, 0.15) is 0 Å². The van der Waals surface area contributed by atoms with E-state index in [0.717, 1.165) is 12.3 Å². The van der Waals surface area contributed by atoms with Gasteiger partial charge in [-0.15, -0.1) is 11.3 Å². The minimum atomic E-state index is 0.274. The van der Waals surface area contributed by atoms with Gasteiger partial charge in [-0.3, -0.25) is 0 Å². The highest BCUT2D eigenvalue weighted by atomic mass is 32.1. The van der Waals surface area contributed by atoms with Crippen molar-refractivity contribution in [2.45, 2.75) is 52.0 Å². The van der Waals surface area contributed by atoms with Gasteiger partial charge in [0.2, 0.25) is 0 Å². The molecule has 2 unspecified atom stereocenters. The molecule has 0 aliphatic heterocycles. The van der Waals surface area contributed by atoms with Crippen LogP contribution in [-0.2, 0) is 12.8 Å². The van der Waals surface area contributed by atoms with Crippen LogP contribution in [0.25, 0.3) is 0 Å². The van der Waals surface area contributed by atoms with E-state index in [1.165, 1.54) is 30.6 Å². The van der Waals surface area contributed by atoms with Crippen molar-refractivity contribution in [1.29, 1.82) is 0 Å². The first kappa shape index (κ1) is 11.2. The molecule has 1 aromatic rings. The monoisotopic (exact) mass is 223 g/mol. The maximum Gasteiger partial charge on any atom is 0.0392 e. The van der Waals surface area contributed by atoms with Crippen molar-refractivity contribution in [3.05, 3.63) is 21.4 Å². The molecule has 0 aromatic carbocycles. The Labute approximate surface area is 96.7 Å². The van der Waals surface area contributed by atoms with Crippen LogP contribution in [0.5, 0.6) is 0 Å². The van der Waals surface area contributed by atoms with Crippen molar-refractivity contribution in [3.63, 3.8) is 0 Å². The molecule has 0 spiro atoms. The standard InChI is InChI=1S/C13H21NS/c1-3-9(2)7-11(14)13-8-10-5-4-6-12(10)15-13/h8-9,11H,3-7,14H2,1-2H3. The van der Waals surface area contributed by atoms with E-state index in [2.05, 4.69) is 19.9 Å². The highest BCUT2D eigenvalue weighted by Gasteiger charge is 2.18. The fourth-order valence-corrected chi connectivity index (χ4v) is 3.52. The van der Waals surface area contributed by atoms with Gasteiger partial charge in [-0.2, -0.15) is 0 Å². The Bertz CT molecular complexity index is 308. The van der Waals surface area contributed by atoms with Crippen LogP contribution in [0.15, 0.2) is 6.07 Å². The Morgan fingerprint density at radius 1 is 1.47 bits per heavy atom. The molecule has 0 fully saturated rings. The highest BCUT2D eigenvalue weighted by Crippen LogP contribution is 2.34. The molecule has 1 aliphatic rings. The third-order valence-electron chi connectivity index (χ3n) is 3.48. The number of fused-ring (bicyclic) bond motifs is 1. The van der Waals surface area contributed by atoms with Crippen LogP contribution in [0.1, 0.15) is 54.5 Å². The molecule has 1 aromatic heterocycles. The fraction of sp³-hybridized carbons (Fsp3) is 0.692. The summed E-state index contributed by atoms with van der Waals surface area (Å²) in [7, 11) is 0. The van der Waals surface area contributed by atoms with Gasteiger partial charge in [0, 0.05) is 15.8 Å². The van der Waals surface area contributed by atoms with Gasteiger partial charge in [-0.25, -0.2) is 0 Å². The maximum atomic E-state index is 6.24. The molecule has 84 valence electrons. The van der Waals surface area contributed by atoms with Gasteiger partial charge in [0.05, 0.1) is 0 Å². The number of aryl methyl sites for hydroxylation is 2. The average Bonchev–Trinajstić information content (AvgIpc) is 2.76. The first-order valence-electron chi connectivity index (χ1n) is 6.07. The van der Waals surface area contributed by atoms with E-state index in [9.17, 15) is 0 Å². The molecular weight excluding hydrogens is 202 g/mol. The summed E-state index contributed by atoms with van der Waals surface area (Å²) in [6, 6.07) is 2.63. The molecule has 1 heterocycles. The number of rotatable bonds is 4. The molecule has 0 amide bonds. The van der Waals surface area contributed by atoms with Gasteiger partial charge < -0.3 is 5.73 Å². The van der Waals surface area contributed by atoms with Gasteiger partial charge in [-0.1, -0.05) is 20.3 Å². The Morgan fingerprint density at radius 3 is 2.93 bits per heavy atom. The van der Waals surface area contributed by atoms with E-state index in [1.54, 1.807) is 10.4 Å². The van der Waals surface area contributed by atoms with Crippen LogP contribution in [0, 0.1) is 5.92 Å². The largest absolute Gasteiger partial charge is 0.323 e. The molecule has 0 saturated heterocycles. The molecule has 2 heteroatoms. The first-order chi connectivity index (χ1) is 7.20. The smallest absolute Gasteiger partial charge is 0.0392 e. The zero-order valence-corrected chi connectivity index (χ0v) is 10.6. The normalized spacial score (nSPS) is 18.9. The lowest BCUT2D eigenvalue weighted by molar-refractivity contribution is 0.464. The van der Waals surface area contributed by atoms with E-state index in [-0.39, 0.29) is 6.04 Å². The second-order valence-corrected chi connectivity index (χ2v) is 5.97. The van der Waals surface area contributed by atoms with Crippen LogP contribution >= 0.6 is 11.3 Å². The molecule has 0 bridgehead atoms. The molecule has 0 saturated carbocycles. The number of thiophene rings is 1. The van der Waals surface area contributed by atoms with Crippen LogP contribution in [0.3, 0.4) is 0 Å². The highest BCUT2D eigenvalue weighted by molar-refractivity contribution is 7.12. The van der Waals surface area contributed by atoms with Crippen molar-refractivity contribution in [2.24, 2.45) is 11.7 Å². The van der Waals surface area contributed by atoms with Crippen molar-refractivity contribution >= 4 is 11.3 Å². The van der Waals surface area contributed by atoms with E-state index >= 15 is 0 Å². The molecule has 2 atom stereocenters. The number of nitrogens with two attached hydrogens (primary N) is 1. The molecule has 2 N–H and O–H groups in total. The summed E-state index contributed by atoms with van der Waals surface area (Å²) in [4.78, 5) is 3.02. The van der Waals surface area contributed by atoms with Crippen molar-refractivity contribution in [2.75, 3.05) is 0 Å². The summed E-state index contributed by atoms with van der Waals surface area (Å²) in [5, 5.41) is 0. The second-order valence-electron chi connectivity index (χ2n) is 4.81. The van der Waals surface area contributed by atoms with E-state index in [1.807, 2.05) is 11.3 Å². The van der Waals surface area contributed by atoms with Crippen molar-refractivity contribution < 1.29 is 0 Å². The number of hydrogen-bond donors (Lipinski definition) is 1. The van der Waals surface area contributed by atoms with Gasteiger partial charge in [0.25, 0.3) is 0 Å². The molecule has 1 nitrogen and oxygen atoms in total. The summed E-state index contributed by atoms with van der Waals surface area (Å²) in [6.07, 6.45) is 6.29. The summed E-state index contributed by atoms with van der Waals surface area (Å²) in [5.74, 6) is 0.747. The van der Waals surface area contributed by atoms with Gasteiger partial charge in [-0.05, 0) is 43.2 Å². The molecule has 0 radical (unpaired) electrons. The minimum absolute atomic E-state index is 0.274. The molecular formula is C13H21NS. The average molecular weight is 223 g/mol. The van der Waals surface area contributed by atoms with E-state index in [4.69, 9.17) is 5.73 Å². The van der Waals surface area contributed by atoms with Crippen LogP contribution in [-0.4, -0.2) is 0 Å². The van der Waals surface area contributed by atoms with Gasteiger partial charge >= 0.3 is 0 Å². The lowest BCUT2D eigenvalue weighted by Gasteiger charge is -2.14. The topological polar surface area (TPSA) is 26.0 Å². The molecule has 1 aliphatic carbocycles. The Balaban J connectivity index is 2.03. The Morgan fingerprint density at radius 2 is 2.27 bits per heavy atom. The summed E-state index contributed by atoms with van der Waals surface area (Å²) in [5.41, 5.74) is 7.82. The van der Waals surface area contributed by atoms with Crippen LogP contribution in [0.4, 0.5) is 0 Å². The third-order valence-corrected chi connectivity index (χ3v) is 4.85. The Hall–Kier alpha value is -0.340. The molecule has 2 rings (SSSR count). The molecule has 15 heavy (non-hydrogen) atoms.